The summed E-state index contributed by atoms with van der Waals surface area (Å²) < 4.78 is 6.52. The largest absolute Gasteiger partial charge is 0.394 e. The molecule has 12 heteroatoms. The number of hydrazine groups is 1. The lowest BCUT2D eigenvalue weighted by Crippen LogP contribution is -2.35. The molecule has 1 saturated heterocycles. The number of amidine groups is 1. The van der Waals surface area contributed by atoms with Gasteiger partial charge < -0.3 is 31.6 Å². The quantitative estimate of drug-likeness (QED) is 0.0940. The second-order valence-corrected chi connectivity index (χ2v) is 4.57. The van der Waals surface area contributed by atoms with Gasteiger partial charge in [-0.25, -0.2) is 10.8 Å². The molecule has 1 aliphatic rings. The van der Waals surface area contributed by atoms with E-state index in [0.29, 0.717) is 0 Å². The number of nitrogen functional groups attached to an aromatic ring is 1. The predicted octanol–water partition coefficient (Wildman–Crippen LogP) is -4.32. The predicted molar refractivity (Wildman–Crippen MR) is 71.8 cm³/mol. The first-order valence-corrected chi connectivity index (χ1v) is 6.20. The fraction of sp³-hybridized carbons (Fsp3) is 0.500. The second kappa shape index (κ2) is 6.25. The van der Waals surface area contributed by atoms with Crippen LogP contribution in [0.1, 0.15) is 22.4 Å². The molecular formula is C10H17N7O5. The zero-order valence-electron chi connectivity index (χ0n) is 11.3. The Hall–Kier alpha value is -2.25. The van der Waals surface area contributed by atoms with Crippen LogP contribution in [0.4, 0.5) is 0 Å². The summed E-state index contributed by atoms with van der Waals surface area (Å²) in [6, 6.07) is 0. The van der Waals surface area contributed by atoms with E-state index in [-0.39, 0.29) is 17.2 Å². The summed E-state index contributed by atoms with van der Waals surface area (Å²) in [5.41, 5.74) is 7.30. The SMILES string of the molecule is N/N=C(\N)c1c(C(=O)NN)ncn1[C@@H]1O[C@H](CO)[C@@H](O)[C@H]1O. The highest BCUT2D eigenvalue weighted by atomic mass is 16.6. The third kappa shape index (κ3) is 2.49. The average molecular weight is 315 g/mol. The summed E-state index contributed by atoms with van der Waals surface area (Å²) in [4.78, 5) is 15.5. The summed E-state index contributed by atoms with van der Waals surface area (Å²) in [5, 5.41) is 32.2. The normalized spacial score (nSPS) is 28.8. The molecular weight excluding hydrogens is 298 g/mol. The van der Waals surface area contributed by atoms with E-state index >= 15 is 0 Å². The van der Waals surface area contributed by atoms with Gasteiger partial charge in [-0.05, 0) is 0 Å². The van der Waals surface area contributed by atoms with Gasteiger partial charge >= 0.3 is 0 Å². The van der Waals surface area contributed by atoms with Crippen molar-refractivity contribution >= 4 is 11.7 Å². The number of hydrazone groups is 1. The average Bonchev–Trinajstić information content (AvgIpc) is 3.08. The second-order valence-electron chi connectivity index (χ2n) is 4.57. The van der Waals surface area contributed by atoms with Crippen molar-refractivity contribution in [2.45, 2.75) is 24.5 Å². The number of imidazole rings is 1. The molecule has 22 heavy (non-hydrogen) atoms. The molecule has 2 rings (SSSR count). The fourth-order valence-corrected chi connectivity index (χ4v) is 2.21. The summed E-state index contributed by atoms with van der Waals surface area (Å²) >= 11 is 0. The van der Waals surface area contributed by atoms with Crippen LogP contribution in [-0.4, -0.2) is 61.5 Å². The van der Waals surface area contributed by atoms with Gasteiger partial charge in [0.05, 0.1) is 12.9 Å². The van der Waals surface area contributed by atoms with Crippen molar-refractivity contribution < 1.29 is 24.9 Å². The molecule has 0 saturated carbocycles. The number of ether oxygens (including phenoxy) is 1. The molecule has 10 N–H and O–H groups in total. The fourth-order valence-electron chi connectivity index (χ4n) is 2.21. The Kier molecular flexibility index (Phi) is 4.58. The van der Waals surface area contributed by atoms with Crippen LogP contribution in [-0.2, 0) is 4.74 Å². The molecule has 4 atom stereocenters. The molecule has 0 bridgehead atoms. The number of aliphatic hydroxyl groups excluding tert-OH is 3. The summed E-state index contributed by atoms with van der Waals surface area (Å²) in [6.07, 6.45) is -3.71. The maximum Gasteiger partial charge on any atom is 0.286 e. The molecule has 1 amide bonds. The van der Waals surface area contributed by atoms with Gasteiger partial charge in [0.1, 0.15) is 24.0 Å². The van der Waals surface area contributed by atoms with Gasteiger partial charge in [0.15, 0.2) is 17.8 Å². The lowest BCUT2D eigenvalue weighted by molar-refractivity contribution is -0.0530. The van der Waals surface area contributed by atoms with E-state index in [0.717, 1.165) is 6.33 Å². The van der Waals surface area contributed by atoms with Crippen LogP contribution in [0.3, 0.4) is 0 Å². The topological polar surface area (TPSA) is 207 Å². The van der Waals surface area contributed by atoms with Crippen LogP contribution in [0.2, 0.25) is 0 Å². The van der Waals surface area contributed by atoms with Crippen LogP contribution in [0.15, 0.2) is 11.4 Å². The lowest BCUT2D eigenvalue weighted by atomic mass is 10.1. The number of carbonyl (C=O) groups excluding carboxylic acids is 1. The number of nitrogens with zero attached hydrogens (tertiary/aromatic N) is 3. The maximum absolute atomic E-state index is 11.7. The van der Waals surface area contributed by atoms with Crippen LogP contribution < -0.4 is 22.8 Å². The van der Waals surface area contributed by atoms with Crippen molar-refractivity contribution in [2.24, 2.45) is 22.5 Å². The van der Waals surface area contributed by atoms with Crippen molar-refractivity contribution in [3.8, 4) is 0 Å². The summed E-state index contributed by atoms with van der Waals surface area (Å²) in [6.45, 7) is -0.505. The minimum atomic E-state index is -1.38. The first-order valence-electron chi connectivity index (χ1n) is 6.20. The lowest BCUT2D eigenvalue weighted by Gasteiger charge is -2.18. The Morgan fingerprint density at radius 3 is 2.68 bits per heavy atom. The van der Waals surface area contributed by atoms with Gasteiger partial charge in [-0.2, -0.15) is 5.10 Å². The zero-order chi connectivity index (χ0) is 16.4. The van der Waals surface area contributed by atoms with Gasteiger partial charge in [-0.1, -0.05) is 0 Å². The highest BCUT2D eigenvalue weighted by molar-refractivity contribution is 6.06. The number of aromatic nitrogens is 2. The molecule has 0 unspecified atom stereocenters. The molecule has 12 nitrogen and oxygen atoms in total. The standard InChI is InChI=1S/C10H17N7O5/c11-8(15-12)5-4(9(21)16-13)14-2-17(5)10-7(20)6(19)3(1-18)22-10/h2-3,6-7,10,18-20H,1,12-13H2,(H2,11,15)(H,16,21)/t3-,6-,7-,10-/m1/s1. The summed E-state index contributed by atoms with van der Waals surface area (Å²) in [7, 11) is 0. The van der Waals surface area contributed by atoms with Gasteiger partial charge in [-0.3, -0.25) is 14.8 Å². The zero-order valence-corrected chi connectivity index (χ0v) is 11.3. The molecule has 1 fully saturated rings. The number of nitrogens with one attached hydrogen (secondary N) is 1. The highest BCUT2D eigenvalue weighted by Gasteiger charge is 2.44. The molecule has 1 aromatic rings. The third-order valence-electron chi connectivity index (χ3n) is 3.31. The van der Waals surface area contributed by atoms with Crippen LogP contribution in [0, 0.1) is 0 Å². The molecule has 0 aromatic carbocycles. The molecule has 2 heterocycles. The minimum Gasteiger partial charge on any atom is -0.394 e. The van der Waals surface area contributed by atoms with E-state index in [4.69, 9.17) is 27.3 Å². The number of nitrogens with two attached hydrogens (primary N) is 3. The van der Waals surface area contributed by atoms with E-state index in [2.05, 4.69) is 10.1 Å². The van der Waals surface area contributed by atoms with Crippen molar-refractivity contribution in [3.05, 3.63) is 17.7 Å². The van der Waals surface area contributed by atoms with Crippen molar-refractivity contribution in [1.29, 1.82) is 0 Å². The first-order chi connectivity index (χ1) is 10.5. The van der Waals surface area contributed by atoms with Gasteiger partial charge in [-0.15, -0.1) is 0 Å². The number of amides is 1. The monoisotopic (exact) mass is 315 g/mol. The van der Waals surface area contributed by atoms with E-state index in [1.54, 1.807) is 0 Å². The number of hydrogen-bond donors (Lipinski definition) is 7. The molecule has 0 aliphatic carbocycles. The van der Waals surface area contributed by atoms with E-state index in [1.165, 1.54) is 4.57 Å². The third-order valence-corrected chi connectivity index (χ3v) is 3.31. The van der Waals surface area contributed by atoms with E-state index in [1.807, 2.05) is 5.43 Å². The maximum atomic E-state index is 11.7. The minimum absolute atomic E-state index is 0.0414. The molecule has 1 aliphatic heterocycles. The number of carbonyl (C=O) groups is 1. The van der Waals surface area contributed by atoms with Gasteiger partial charge in [0, 0.05) is 0 Å². The van der Waals surface area contributed by atoms with Crippen molar-refractivity contribution in [1.82, 2.24) is 15.0 Å². The highest BCUT2D eigenvalue weighted by Crippen LogP contribution is 2.30. The molecule has 0 radical (unpaired) electrons. The molecule has 0 spiro atoms. The van der Waals surface area contributed by atoms with Crippen LogP contribution in [0.5, 0.6) is 0 Å². The van der Waals surface area contributed by atoms with E-state index < -0.39 is 37.1 Å². The van der Waals surface area contributed by atoms with Crippen LogP contribution >= 0.6 is 0 Å². The van der Waals surface area contributed by atoms with Gasteiger partial charge in [0.25, 0.3) is 5.91 Å². The van der Waals surface area contributed by atoms with Crippen molar-refractivity contribution in [3.63, 3.8) is 0 Å². The Morgan fingerprint density at radius 1 is 1.50 bits per heavy atom. The Labute approximate surface area is 124 Å². The van der Waals surface area contributed by atoms with Crippen molar-refractivity contribution in [2.75, 3.05) is 6.61 Å². The van der Waals surface area contributed by atoms with Gasteiger partial charge in [0.2, 0.25) is 0 Å². The Morgan fingerprint density at radius 2 is 2.18 bits per heavy atom. The number of aliphatic hydroxyl groups is 3. The Bertz CT molecular complexity index is 588. The van der Waals surface area contributed by atoms with E-state index in [9.17, 15) is 15.0 Å². The number of hydrogen-bond acceptors (Lipinski definition) is 9. The Balaban J connectivity index is 2.48. The smallest absolute Gasteiger partial charge is 0.286 e. The summed E-state index contributed by atoms with van der Waals surface area (Å²) in [5.74, 6) is 9.17. The number of rotatable bonds is 4. The van der Waals surface area contributed by atoms with Crippen LogP contribution in [0.25, 0.3) is 0 Å². The molecule has 122 valence electrons. The molecule has 1 aromatic heterocycles. The first kappa shape index (κ1) is 16.1.